The van der Waals surface area contributed by atoms with Crippen molar-refractivity contribution >= 4 is 41.0 Å². The fourth-order valence-electron chi connectivity index (χ4n) is 7.75. The van der Waals surface area contributed by atoms with Crippen LogP contribution in [0.5, 0.6) is 0 Å². The lowest BCUT2D eigenvalue weighted by Gasteiger charge is -2.30. The summed E-state index contributed by atoms with van der Waals surface area (Å²) in [6.07, 6.45) is 5.19. The van der Waals surface area contributed by atoms with E-state index in [-0.39, 0.29) is 29.3 Å². The Morgan fingerprint density at radius 3 is 2.39 bits per heavy atom. The first-order valence-corrected chi connectivity index (χ1v) is 20.6. The predicted octanol–water partition coefficient (Wildman–Crippen LogP) is 5.06. The van der Waals surface area contributed by atoms with Gasteiger partial charge in [0.15, 0.2) is 0 Å². The maximum atomic E-state index is 13.8. The van der Waals surface area contributed by atoms with Crippen LogP contribution in [0.4, 0.5) is 9.59 Å². The second kappa shape index (κ2) is 20.2. The number of rotatable bonds is 8. The number of methoxy groups -OCH3 is 3. The largest absolute Gasteiger partial charge is 0.465 e. The number of hydrogen-bond donors (Lipinski definition) is 4. The Labute approximate surface area is 354 Å². The number of amides is 4. The zero-order valence-electron chi connectivity index (χ0n) is 35.5. The van der Waals surface area contributed by atoms with E-state index >= 15 is 0 Å². The third kappa shape index (κ3) is 10.3. The van der Waals surface area contributed by atoms with Crippen molar-refractivity contribution < 1.29 is 42.9 Å². The summed E-state index contributed by atoms with van der Waals surface area (Å²) in [7, 11) is 5.68. The second-order valence-corrected chi connectivity index (χ2v) is 15.4. The molecule has 4 aromatic rings. The Hall–Kier alpha value is -6.41. The van der Waals surface area contributed by atoms with E-state index in [2.05, 4.69) is 37.8 Å². The molecule has 4 atom stereocenters. The molecule has 0 unspecified atom stereocenters. The highest BCUT2D eigenvalue weighted by molar-refractivity contribution is 6.04. The summed E-state index contributed by atoms with van der Waals surface area (Å²) >= 11 is 0. The van der Waals surface area contributed by atoms with Gasteiger partial charge < -0.3 is 49.3 Å². The summed E-state index contributed by atoms with van der Waals surface area (Å²) in [5.74, 6) is 6.14. The maximum Gasteiger partial charge on any atom is 0.407 e. The van der Waals surface area contributed by atoms with E-state index in [0.29, 0.717) is 72.8 Å². The molecular weight excluding hydrogens is 785 g/mol. The van der Waals surface area contributed by atoms with Crippen LogP contribution in [-0.4, -0.2) is 108 Å². The molecule has 2 aromatic carbocycles. The van der Waals surface area contributed by atoms with Crippen LogP contribution in [0.3, 0.4) is 0 Å². The van der Waals surface area contributed by atoms with E-state index in [9.17, 15) is 24.0 Å². The van der Waals surface area contributed by atoms with Crippen molar-refractivity contribution in [2.24, 2.45) is 13.0 Å². The van der Waals surface area contributed by atoms with E-state index in [1.165, 1.54) is 21.3 Å². The van der Waals surface area contributed by atoms with Crippen molar-refractivity contribution in [3.63, 3.8) is 0 Å². The van der Waals surface area contributed by atoms with E-state index in [1.54, 1.807) is 17.2 Å². The molecule has 4 N–H and O–H groups in total. The molecule has 6 rings (SSSR count). The number of carbonyl (C=O) groups is 5. The molecule has 2 aliphatic heterocycles. The van der Waals surface area contributed by atoms with E-state index in [0.717, 1.165) is 36.9 Å². The fraction of sp³-hybridized carbons (Fsp3) is 0.477. The number of alkyl carbamates (subject to hydrolysis) is 2. The third-order valence-corrected chi connectivity index (χ3v) is 11.1. The number of fused-ring (bicyclic) bond motifs is 1. The number of H-pyrrole nitrogens is 1. The van der Waals surface area contributed by atoms with Crippen molar-refractivity contribution in [1.29, 1.82) is 0 Å². The molecule has 4 amide bonds. The van der Waals surface area contributed by atoms with Gasteiger partial charge in [0, 0.05) is 37.9 Å². The van der Waals surface area contributed by atoms with Gasteiger partial charge in [-0.25, -0.2) is 24.4 Å². The maximum absolute atomic E-state index is 13.8. The molecule has 0 saturated carbocycles. The zero-order valence-corrected chi connectivity index (χ0v) is 35.5. The highest BCUT2D eigenvalue weighted by atomic mass is 16.5. The SMILES string of the molecule is COC(=O)N[C@H]1CCCCCOCC[C@@H](c2ncc(-c3ccc(C#Cc4ccc5c(nc([C@@H]6CCCN6C(=O)[C@@H](NC(=O)OC)C(C)C)n5C)c4C(=O)OC)cc3)[nH]2)NC1=O. The Morgan fingerprint density at radius 2 is 1.67 bits per heavy atom. The number of benzene rings is 2. The number of likely N-dealkylation sites (tertiary alicyclic amines) is 1. The van der Waals surface area contributed by atoms with Crippen molar-refractivity contribution in [3.05, 3.63) is 70.9 Å². The van der Waals surface area contributed by atoms with Crippen molar-refractivity contribution in [2.45, 2.75) is 83.0 Å². The molecular formula is C44H54N8O9. The van der Waals surface area contributed by atoms with E-state index < -0.39 is 36.3 Å². The van der Waals surface area contributed by atoms with Gasteiger partial charge in [0.2, 0.25) is 11.8 Å². The minimum absolute atomic E-state index is 0.185. The molecule has 61 heavy (non-hydrogen) atoms. The summed E-state index contributed by atoms with van der Waals surface area (Å²) in [6.45, 7) is 5.25. The van der Waals surface area contributed by atoms with Gasteiger partial charge in [0.25, 0.3) is 0 Å². The highest BCUT2D eigenvalue weighted by Crippen LogP contribution is 2.35. The Bertz CT molecular complexity index is 2290. The lowest BCUT2D eigenvalue weighted by atomic mass is 10.0. The number of aromatic nitrogens is 4. The topological polar surface area (TPSA) is 208 Å². The fourth-order valence-corrected chi connectivity index (χ4v) is 7.75. The molecule has 0 spiro atoms. The summed E-state index contributed by atoms with van der Waals surface area (Å²) in [6, 6.07) is 8.73. The number of aromatic amines is 1. The van der Waals surface area contributed by atoms with E-state index in [4.69, 9.17) is 23.9 Å². The lowest BCUT2D eigenvalue weighted by Crippen LogP contribution is -2.51. The lowest BCUT2D eigenvalue weighted by molar-refractivity contribution is -0.135. The van der Waals surface area contributed by atoms with E-state index in [1.807, 2.05) is 55.8 Å². The number of aryl methyl sites for hydroxylation is 1. The average Bonchev–Trinajstić information content (AvgIpc) is 4.03. The predicted molar refractivity (Wildman–Crippen MR) is 224 cm³/mol. The zero-order chi connectivity index (χ0) is 43.6. The van der Waals surface area contributed by atoms with Crippen LogP contribution in [0.25, 0.3) is 22.3 Å². The Kier molecular flexibility index (Phi) is 14.6. The molecule has 0 radical (unpaired) electrons. The minimum Gasteiger partial charge on any atom is -0.465 e. The van der Waals surface area contributed by atoms with Crippen LogP contribution in [-0.2, 0) is 35.6 Å². The van der Waals surface area contributed by atoms with Crippen LogP contribution in [0.15, 0.2) is 42.6 Å². The highest BCUT2D eigenvalue weighted by Gasteiger charge is 2.39. The van der Waals surface area contributed by atoms with Crippen LogP contribution >= 0.6 is 0 Å². The third-order valence-electron chi connectivity index (χ3n) is 11.1. The Balaban J connectivity index is 1.22. The molecule has 0 aliphatic carbocycles. The average molecular weight is 839 g/mol. The van der Waals surface area contributed by atoms with Crippen LogP contribution in [0, 0.1) is 17.8 Å². The summed E-state index contributed by atoms with van der Waals surface area (Å²) < 4.78 is 22.5. The smallest absolute Gasteiger partial charge is 0.407 e. The number of carbonyl (C=O) groups excluding carboxylic acids is 5. The van der Waals surface area contributed by atoms with Crippen molar-refractivity contribution in [1.82, 2.24) is 40.4 Å². The quantitative estimate of drug-likeness (QED) is 0.105. The molecule has 17 heteroatoms. The van der Waals surface area contributed by atoms with Gasteiger partial charge in [-0.15, -0.1) is 0 Å². The monoisotopic (exact) mass is 838 g/mol. The van der Waals surface area contributed by atoms with Crippen molar-refractivity contribution in [3.8, 4) is 23.1 Å². The standard InChI is InChI=1S/C44H54N8O9/c1-26(2)36(50-44(57)60-6)41(54)52-22-10-12-34(52)39-49-37-33(51(39)3)20-19-29(35(37)42(55)58-4)18-15-27-13-16-28(17-14-27)32-25-45-38(46-32)30-21-24-61-23-9-7-8-11-31(40(53)47-30)48-43(56)59-5/h13-14,16-17,19-20,25-26,30-31,34,36H,7-12,21-24H2,1-6H3,(H,45,46)(H,47,53)(H,48,56)(H,50,57)/t30-,31-,34-,36-/m0/s1. The van der Waals surface area contributed by atoms with Gasteiger partial charge in [-0.1, -0.05) is 50.7 Å². The number of imidazole rings is 2. The van der Waals surface area contributed by atoms with Crippen LogP contribution in [0.1, 0.15) is 104 Å². The summed E-state index contributed by atoms with van der Waals surface area (Å²) in [5.41, 5.74) is 3.99. The molecule has 2 saturated heterocycles. The van der Waals surface area contributed by atoms with Crippen molar-refractivity contribution in [2.75, 3.05) is 41.1 Å². The van der Waals surface area contributed by atoms with Gasteiger partial charge in [0.1, 0.15) is 34.8 Å². The van der Waals surface area contributed by atoms with Gasteiger partial charge in [0.05, 0.1) is 50.8 Å². The first-order valence-electron chi connectivity index (χ1n) is 20.6. The minimum atomic E-state index is -0.784. The summed E-state index contributed by atoms with van der Waals surface area (Å²) in [4.78, 5) is 79.2. The first kappa shape index (κ1) is 44.2. The molecule has 2 aliphatic rings. The number of hydrogen-bond acceptors (Lipinski definition) is 11. The van der Waals surface area contributed by atoms with Gasteiger partial charge in [-0.2, -0.15) is 0 Å². The second-order valence-electron chi connectivity index (χ2n) is 15.4. The number of ether oxygens (including phenoxy) is 4. The van der Waals surface area contributed by atoms with Crippen LogP contribution < -0.4 is 16.0 Å². The summed E-state index contributed by atoms with van der Waals surface area (Å²) in [5, 5.41) is 8.36. The van der Waals surface area contributed by atoms with Gasteiger partial charge in [-0.3, -0.25) is 9.59 Å². The molecule has 2 fully saturated rings. The number of nitrogens with zero attached hydrogens (tertiary/aromatic N) is 4. The molecule has 324 valence electrons. The van der Waals surface area contributed by atoms with Gasteiger partial charge in [-0.05, 0) is 67.9 Å². The number of nitrogens with one attached hydrogen (secondary N) is 4. The molecule has 17 nitrogen and oxygen atoms in total. The molecule has 0 bridgehead atoms. The first-order chi connectivity index (χ1) is 29.4. The molecule has 2 aromatic heterocycles. The molecule has 4 heterocycles. The normalized spacial score (nSPS) is 19.1. The number of esters is 1. The van der Waals surface area contributed by atoms with Gasteiger partial charge >= 0.3 is 18.2 Å². The Morgan fingerprint density at radius 1 is 0.902 bits per heavy atom. The van der Waals surface area contributed by atoms with Crippen LogP contribution in [0.2, 0.25) is 0 Å².